The van der Waals surface area contributed by atoms with Crippen molar-refractivity contribution in [1.29, 1.82) is 0 Å². The van der Waals surface area contributed by atoms with Gasteiger partial charge in [0.15, 0.2) is 0 Å². The van der Waals surface area contributed by atoms with Gasteiger partial charge in [0, 0.05) is 0 Å². The summed E-state index contributed by atoms with van der Waals surface area (Å²) in [6.07, 6.45) is 0.640. The van der Waals surface area contributed by atoms with Crippen molar-refractivity contribution in [3.63, 3.8) is 0 Å². The molecule has 0 aromatic rings. The van der Waals surface area contributed by atoms with Crippen molar-refractivity contribution in [3.05, 3.63) is 0 Å². The summed E-state index contributed by atoms with van der Waals surface area (Å²) >= 11 is 1.000. The molecule has 0 aliphatic carbocycles. The first-order valence-electron chi connectivity index (χ1n) is 4.69. The number of nitrogens with two attached hydrogens (primary N) is 1. The zero-order valence-corrected chi connectivity index (χ0v) is 11.3. The summed E-state index contributed by atoms with van der Waals surface area (Å²) in [4.78, 5) is 22.3. The standard InChI is InChI=1S/C9H19AsN2O2/c1-5(2)4-7(11)9(14)12-6(3)8(10)13/h5-7H,4,10-11H2,1-3H3,(H,12,14). The van der Waals surface area contributed by atoms with Crippen LogP contribution >= 0.6 is 0 Å². The Morgan fingerprint density at radius 1 is 1.36 bits per heavy atom. The first kappa shape index (κ1) is 13.7. The molecule has 3 atom stereocenters. The van der Waals surface area contributed by atoms with Crippen molar-refractivity contribution >= 4 is 27.3 Å². The van der Waals surface area contributed by atoms with Crippen LogP contribution in [0.2, 0.25) is 0 Å². The number of carbonyl (C=O) groups excluding carboxylic acids is 2. The van der Waals surface area contributed by atoms with Gasteiger partial charge < -0.3 is 0 Å². The van der Waals surface area contributed by atoms with Gasteiger partial charge >= 0.3 is 93.2 Å². The SMILES string of the molecule is CC(C)CC(N)C(=O)NC(C)C(=O)[AsH2]. The number of hydrogen-bond donors (Lipinski definition) is 2. The summed E-state index contributed by atoms with van der Waals surface area (Å²) in [5.74, 6) is 0.143. The van der Waals surface area contributed by atoms with Crippen LogP contribution in [0.1, 0.15) is 27.2 Å². The molecule has 0 saturated heterocycles. The van der Waals surface area contributed by atoms with Gasteiger partial charge in [-0.3, -0.25) is 0 Å². The predicted molar refractivity (Wildman–Crippen MR) is 58.6 cm³/mol. The van der Waals surface area contributed by atoms with Crippen molar-refractivity contribution in [2.24, 2.45) is 11.7 Å². The van der Waals surface area contributed by atoms with Crippen molar-refractivity contribution in [3.8, 4) is 0 Å². The van der Waals surface area contributed by atoms with Gasteiger partial charge in [0.05, 0.1) is 0 Å². The van der Waals surface area contributed by atoms with Crippen LogP contribution in [0.3, 0.4) is 0 Å². The van der Waals surface area contributed by atoms with E-state index in [0.717, 1.165) is 16.9 Å². The molecule has 0 aromatic heterocycles. The molecule has 14 heavy (non-hydrogen) atoms. The summed E-state index contributed by atoms with van der Waals surface area (Å²) in [5, 5.41) is 2.59. The van der Waals surface area contributed by atoms with Gasteiger partial charge in [-0.1, -0.05) is 0 Å². The van der Waals surface area contributed by atoms with Gasteiger partial charge in [-0.2, -0.15) is 0 Å². The van der Waals surface area contributed by atoms with Crippen LogP contribution in [0.4, 0.5) is 0 Å². The topological polar surface area (TPSA) is 72.2 Å². The molecule has 0 aliphatic heterocycles. The third-order valence-corrected chi connectivity index (χ3v) is 2.90. The van der Waals surface area contributed by atoms with Gasteiger partial charge in [-0.05, 0) is 0 Å². The van der Waals surface area contributed by atoms with E-state index in [1.165, 1.54) is 0 Å². The Labute approximate surface area is 93.5 Å². The van der Waals surface area contributed by atoms with E-state index in [2.05, 4.69) is 5.32 Å². The van der Waals surface area contributed by atoms with Gasteiger partial charge in [-0.15, -0.1) is 0 Å². The maximum absolute atomic E-state index is 11.4. The molecule has 0 aliphatic rings. The third kappa shape index (κ3) is 5.40. The van der Waals surface area contributed by atoms with E-state index >= 15 is 0 Å². The van der Waals surface area contributed by atoms with E-state index < -0.39 is 12.1 Å². The molecule has 0 rings (SSSR count). The molecular weight excluding hydrogens is 243 g/mol. The summed E-state index contributed by atoms with van der Waals surface area (Å²) < 4.78 is 0.00240. The van der Waals surface area contributed by atoms with Crippen molar-refractivity contribution < 1.29 is 9.59 Å². The van der Waals surface area contributed by atoms with Crippen LogP contribution in [0.15, 0.2) is 0 Å². The Balaban J connectivity index is 4.01. The molecule has 5 heteroatoms. The summed E-state index contributed by atoms with van der Waals surface area (Å²) in [7, 11) is 0. The first-order chi connectivity index (χ1) is 6.34. The summed E-state index contributed by atoms with van der Waals surface area (Å²) in [6.45, 7) is 5.68. The normalized spacial score (nSPS) is 15.0. The molecule has 3 unspecified atom stereocenters. The Bertz CT molecular complexity index is 219. The fraction of sp³-hybridized carbons (Fsp3) is 0.778. The molecule has 3 N–H and O–H groups in total. The Morgan fingerprint density at radius 3 is 2.21 bits per heavy atom. The zero-order valence-electron chi connectivity index (χ0n) is 8.91. The molecule has 0 aromatic carbocycles. The second-order valence-corrected chi connectivity index (χ2v) is 5.06. The molecule has 0 bridgehead atoms. The van der Waals surface area contributed by atoms with Crippen LogP contribution in [0, 0.1) is 5.92 Å². The number of rotatable bonds is 5. The van der Waals surface area contributed by atoms with Crippen molar-refractivity contribution in [1.82, 2.24) is 5.32 Å². The fourth-order valence-corrected chi connectivity index (χ4v) is 1.18. The molecular formula is C9H19AsN2O2. The third-order valence-electron chi connectivity index (χ3n) is 1.85. The molecule has 0 heterocycles. The molecule has 82 valence electrons. The first-order valence-corrected chi connectivity index (χ1v) is 5.91. The molecule has 1 amide bonds. The minimum atomic E-state index is -0.510. The van der Waals surface area contributed by atoms with E-state index in [-0.39, 0.29) is 10.5 Å². The number of amides is 1. The monoisotopic (exact) mass is 262 g/mol. The van der Waals surface area contributed by atoms with Crippen molar-refractivity contribution in [2.75, 3.05) is 0 Å². The second kappa shape index (κ2) is 6.20. The molecule has 0 radical (unpaired) electrons. The van der Waals surface area contributed by atoms with Crippen LogP contribution in [-0.2, 0) is 9.59 Å². The van der Waals surface area contributed by atoms with E-state index in [9.17, 15) is 9.59 Å². The minimum absolute atomic E-state index is 0.00240. The Kier molecular flexibility index (Phi) is 6.05. The molecule has 4 nitrogen and oxygen atoms in total. The van der Waals surface area contributed by atoms with Crippen LogP contribution in [0.5, 0.6) is 0 Å². The average Bonchev–Trinajstić information content (AvgIpc) is 2.02. The van der Waals surface area contributed by atoms with Crippen LogP contribution in [-0.4, -0.2) is 39.4 Å². The van der Waals surface area contributed by atoms with Crippen molar-refractivity contribution in [2.45, 2.75) is 39.3 Å². The van der Waals surface area contributed by atoms with Crippen LogP contribution < -0.4 is 11.1 Å². The second-order valence-electron chi connectivity index (χ2n) is 3.87. The predicted octanol–water partition coefficient (Wildman–Crippen LogP) is -0.976. The van der Waals surface area contributed by atoms with E-state index in [1.54, 1.807) is 6.92 Å². The molecule has 0 saturated carbocycles. The van der Waals surface area contributed by atoms with Gasteiger partial charge in [0.25, 0.3) is 0 Å². The average molecular weight is 262 g/mol. The summed E-state index contributed by atoms with van der Waals surface area (Å²) in [6, 6.07) is -0.926. The zero-order chi connectivity index (χ0) is 11.3. The van der Waals surface area contributed by atoms with Gasteiger partial charge in [0.2, 0.25) is 0 Å². The Hall–Kier alpha value is -0.342. The molecule has 0 fully saturated rings. The fourth-order valence-electron chi connectivity index (χ4n) is 1.01. The number of hydrogen-bond acceptors (Lipinski definition) is 3. The maximum atomic E-state index is 11.4. The van der Waals surface area contributed by atoms with Gasteiger partial charge in [0.1, 0.15) is 0 Å². The summed E-state index contributed by atoms with van der Waals surface area (Å²) in [5.41, 5.74) is 5.65. The van der Waals surface area contributed by atoms with E-state index in [4.69, 9.17) is 5.73 Å². The van der Waals surface area contributed by atoms with E-state index in [1.807, 2.05) is 13.8 Å². The number of nitrogens with one attached hydrogen (secondary N) is 1. The van der Waals surface area contributed by atoms with Crippen LogP contribution in [0.25, 0.3) is 0 Å². The quantitative estimate of drug-likeness (QED) is 0.626. The van der Waals surface area contributed by atoms with Gasteiger partial charge in [-0.25, -0.2) is 0 Å². The van der Waals surface area contributed by atoms with E-state index in [0.29, 0.717) is 12.3 Å². The number of carbonyl (C=O) groups is 2. The Morgan fingerprint density at radius 2 is 1.86 bits per heavy atom. The molecule has 0 spiro atoms.